The second kappa shape index (κ2) is 6.29. The molecule has 124 valence electrons. The van der Waals surface area contributed by atoms with Crippen molar-refractivity contribution in [1.82, 2.24) is 9.88 Å². The van der Waals surface area contributed by atoms with Gasteiger partial charge in [-0.25, -0.2) is 4.98 Å². The molecule has 0 fully saturated rings. The van der Waals surface area contributed by atoms with Gasteiger partial charge in [-0.15, -0.1) is 0 Å². The Morgan fingerprint density at radius 1 is 1.25 bits per heavy atom. The van der Waals surface area contributed by atoms with Gasteiger partial charge in [0.2, 0.25) is 5.89 Å². The molecule has 1 aromatic heterocycles. The average Bonchev–Trinajstić information content (AvgIpc) is 3.02. The molecule has 2 heterocycles. The third-order valence-corrected chi connectivity index (χ3v) is 3.79. The number of hydrogen-bond acceptors (Lipinski definition) is 6. The molecule has 0 spiro atoms. The fourth-order valence-electron chi connectivity index (χ4n) is 2.42. The van der Waals surface area contributed by atoms with Crippen LogP contribution in [0.1, 0.15) is 11.5 Å². The third-order valence-electron chi connectivity index (χ3n) is 3.79. The first-order valence-corrected chi connectivity index (χ1v) is 7.50. The zero-order valence-corrected chi connectivity index (χ0v) is 13.4. The molecule has 0 radical (unpaired) electrons. The Kier molecular flexibility index (Phi) is 4.18. The first-order chi connectivity index (χ1) is 11.5. The van der Waals surface area contributed by atoms with Gasteiger partial charge in [0.05, 0.1) is 30.1 Å². The number of oxazole rings is 1. The van der Waals surface area contributed by atoms with Crippen molar-refractivity contribution in [1.29, 1.82) is 0 Å². The van der Waals surface area contributed by atoms with Gasteiger partial charge in [0.1, 0.15) is 11.5 Å². The summed E-state index contributed by atoms with van der Waals surface area (Å²) in [5, 5.41) is 11.9. The molecule has 2 aromatic rings. The summed E-state index contributed by atoms with van der Waals surface area (Å²) in [5.41, 5.74) is 2.24. The second-order valence-corrected chi connectivity index (χ2v) is 5.41. The van der Waals surface area contributed by atoms with Gasteiger partial charge < -0.3 is 14.8 Å². The normalized spacial score (nSPS) is 14.3. The molecule has 24 heavy (non-hydrogen) atoms. The number of aromatic nitrogens is 1. The number of β-amino-alcohol motifs (C(OH)–C–C–N with tert-alkyl or cyclic N) is 1. The summed E-state index contributed by atoms with van der Waals surface area (Å²) in [5.74, 6) is 0.249. The predicted molar refractivity (Wildman–Crippen MR) is 86.9 cm³/mol. The first kappa shape index (κ1) is 15.9. The van der Waals surface area contributed by atoms with Gasteiger partial charge in [0.15, 0.2) is 0 Å². The monoisotopic (exact) mass is 327 g/mol. The number of imide groups is 1. The van der Waals surface area contributed by atoms with E-state index in [0.29, 0.717) is 17.1 Å². The van der Waals surface area contributed by atoms with Crippen LogP contribution in [0, 0.1) is 13.8 Å². The number of nitrogens with one attached hydrogen (secondary N) is 1. The molecule has 0 aliphatic carbocycles. The van der Waals surface area contributed by atoms with Crippen LogP contribution in [-0.2, 0) is 9.59 Å². The van der Waals surface area contributed by atoms with Crippen LogP contribution in [0.5, 0.6) is 0 Å². The molecule has 1 aliphatic rings. The molecule has 0 unspecified atom stereocenters. The highest BCUT2D eigenvalue weighted by atomic mass is 16.4. The van der Waals surface area contributed by atoms with Crippen LogP contribution in [0.4, 0.5) is 5.69 Å². The second-order valence-electron chi connectivity index (χ2n) is 5.41. The van der Waals surface area contributed by atoms with Crippen molar-refractivity contribution in [3.63, 3.8) is 0 Å². The minimum absolute atomic E-state index is 0.0286. The molecule has 0 bridgehead atoms. The van der Waals surface area contributed by atoms with E-state index >= 15 is 0 Å². The van der Waals surface area contributed by atoms with Gasteiger partial charge in [-0.1, -0.05) is 12.1 Å². The van der Waals surface area contributed by atoms with Crippen molar-refractivity contribution in [2.75, 3.05) is 18.5 Å². The van der Waals surface area contributed by atoms with Crippen molar-refractivity contribution in [2.45, 2.75) is 13.8 Å². The fourth-order valence-corrected chi connectivity index (χ4v) is 2.42. The third kappa shape index (κ3) is 2.81. The van der Waals surface area contributed by atoms with Gasteiger partial charge in [-0.2, -0.15) is 0 Å². The average molecular weight is 327 g/mol. The van der Waals surface area contributed by atoms with Crippen LogP contribution in [0.25, 0.3) is 11.5 Å². The van der Waals surface area contributed by atoms with E-state index < -0.39 is 11.8 Å². The zero-order valence-electron chi connectivity index (χ0n) is 13.4. The lowest BCUT2D eigenvalue weighted by Crippen LogP contribution is -2.34. The highest BCUT2D eigenvalue weighted by Gasteiger charge is 2.31. The summed E-state index contributed by atoms with van der Waals surface area (Å²) in [6.45, 7) is 3.38. The number of carbonyl (C=O) groups excluding carboxylic acids is 2. The number of carbonyl (C=O) groups is 2. The van der Waals surface area contributed by atoms with Gasteiger partial charge in [0, 0.05) is 6.08 Å². The molecule has 7 heteroatoms. The van der Waals surface area contributed by atoms with Crippen molar-refractivity contribution in [3.8, 4) is 11.5 Å². The zero-order chi connectivity index (χ0) is 17.3. The lowest BCUT2D eigenvalue weighted by Gasteiger charge is -2.14. The van der Waals surface area contributed by atoms with E-state index in [4.69, 9.17) is 9.52 Å². The lowest BCUT2D eigenvalue weighted by molar-refractivity contribution is -0.137. The van der Waals surface area contributed by atoms with Crippen molar-refractivity contribution in [3.05, 3.63) is 47.5 Å². The number of aliphatic hydroxyl groups excluding tert-OH is 1. The summed E-state index contributed by atoms with van der Waals surface area (Å²) in [6, 6.07) is 7.24. The number of anilines is 1. The molecule has 0 atom stereocenters. The van der Waals surface area contributed by atoms with Gasteiger partial charge >= 0.3 is 0 Å². The fraction of sp³-hybridized carbons (Fsp3) is 0.235. The maximum absolute atomic E-state index is 12.2. The summed E-state index contributed by atoms with van der Waals surface area (Å²) in [6.07, 6.45) is 1.22. The number of amides is 2. The molecule has 0 saturated heterocycles. The van der Waals surface area contributed by atoms with E-state index in [1.54, 1.807) is 6.07 Å². The molecule has 7 nitrogen and oxygen atoms in total. The maximum atomic E-state index is 12.2. The van der Waals surface area contributed by atoms with Crippen LogP contribution in [0.3, 0.4) is 0 Å². The minimum Gasteiger partial charge on any atom is -0.441 e. The van der Waals surface area contributed by atoms with E-state index in [0.717, 1.165) is 16.4 Å². The van der Waals surface area contributed by atoms with Crippen molar-refractivity contribution < 1.29 is 19.1 Å². The Labute approximate surface area is 138 Å². The van der Waals surface area contributed by atoms with Crippen molar-refractivity contribution in [2.24, 2.45) is 0 Å². The molecule has 2 N–H and O–H groups in total. The van der Waals surface area contributed by atoms with E-state index in [1.165, 1.54) is 6.08 Å². The van der Waals surface area contributed by atoms with Gasteiger partial charge in [-0.3, -0.25) is 14.5 Å². The van der Waals surface area contributed by atoms with E-state index in [2.05, 4.69) is 10.3 Å². The molecule has 1 aromatic carbocycles. The number of para-hydroxylation sites is 1. The number of benzene rings is 1. The smallest absolute Gasteiger partial charge is 0.277 e. The number of aliphatic hydroxyl groups is 1. The highest BCUT2D eigenvalue weighted by Crippen LogP contribution is 2.30. The number of aryl methyl sites for hydroxylation is 2. The largest absolute Gasteiger partial charge is 0.441 e. The molecule has 2 amide bonds. The minimum atomic E-state index is -0.469. The molecule has 1 aliphatic heterocycles. The number of hydrogen-bond donors (Lipinski definition) is 2. The van der Waals surface area contributed by atoms with Crippen LogP contribution in [0.2, 0.25) is 0 Å². The molecular formula is C17H17N3O4. The summed E-state index contributed by atoms with van der Waals surface area (Å²) in [7, 11) is 0. The topological polar surface area (TPSA) is 95.7 Å². The Hall–Kier alpha value is -2.93. The van der Waals surface area contributed by atoms with Crippen LogP contribution in [0.15, 0.2) is 40.5 Å². The predicted octanol–water partition coefficient (Wildman–Crippen LogP) is 1.62. The Bertz CT molecular complexity index is 819. The standard InChI is InChI=1S/C17H17N3O4/c1-10-11(2)24-16(18-10)12-5-3-4-6-13(12)19-14-9-15(22)20(7-8-21)17(14)23/h3-6,9,19,21H,7-8H2,1-2H3. The van der Waals surface area contributed by atoms with Crippen molar-refractivity contribution >= 4 is 17.5 Å². The Balaban J connectivity index is 1.91. The molecule has 3 rings (SSSR count). The van der Waals surface area contributed by atoms with Crippen LogP contribution in [-0.4, -0.2) is 40.0 Å². The van der Waals surface area contributed by atoms with E-state index in [9.17, 15) is 9.59 Å². The number of rotatable bonds is 5. The SMILES string of the molecule is Cc1nc(-c2ccccc2NC2=CC(=O)N(CCO)C2=O)oc1C. The summed E-state index contributed by atoms with van der Waals surface area (Å²) < 4.78 is 5.65. The molecule has 0 saturated carbocycles. The summed E-state index contributed by atoms with van der Waals surface area (Å²) >= 11 is 0. The molecular weight excluding hydrogens is 310 g/mol. The lowest BCUT2D eigenvalue weighted by atomic mass is 10.1. The quantitative estimate of drug-likeness (QED) is 0.810. The Morgan fingerprint density at radius 2 is 2.00 bits per heavy atom. The van der Waals surface area contributed by atoms with Gasteiger partial charge in [0.25, 0.3) is 11.8 Å². The summed E-state index contributed by atoms with van der Waals surface area (Å²) in [4.78, 5) is 29.4. The van der Waals surface area contributed by atoms with Crippen LogP contribution >= 0.6 is 0 Å². The number of nitrogens with zero attached hydrogens (tertiary/aromatic N) is 2. The van der Waals surface area contributed by atoms with Gasteiger partial charge in [-0.05, 0) is 26.0 Å². The van der Waals surface area contributed by atoms with E-state index in [-0.39, 0.29) is 18.8 Å². The van der Waals surface area contributed by atoms with Crippen LogP contribution < -0.4 is 5.32 Å². The highest BCUT2D eigenvalue weighted by molar-refractivity contribution is 6.17. The maximum Gasteiger partial charge on any atom is 0.277 e. The first-order valence-electron chi connectivity index (χ1n) is 7.50. The van der Waals surface area contributed by atoms with E-state index in [1.807, 2.05) is 32.0 Å². The Morgan fingerprint density at radius 3 is 2.67 bits per heavy atom.